The SMILES string of the molecule is N#CC1(S(=O)(=O)c2ccc(Cl)cc2)CCCCCC1. The first-order chi connectivity index (χ1) is 9.02. The molecule has 0 bridgehead atoms. The number of rotatable bonds is 2. The predicted molar refractivity (Wildman–Crippen MR) is 74.7 cm³/mol. The number of sulfone groups is 1. The van der Waals surface area contributed by atoms with Gasteiger partial charge >= 0.3 is 0 Å². The number of hydrogen-bond donors (Lipinski definition) is 0. The highest BCUT2D eigenvalue weighted by Gasteiger charge is 2.45. The van der Waals surface area contributed by atoms with Crippen LogP contribution < -0.4 is 0 Å². The molecule has 1 aromatic rings. The summed E-state index contributed by atoms with van der Waals surface area (Å²) in [4.78, 5) is 0.195. The van der Waals surface area contributed by atoms with Crippen molar-refractivity contribution in [2.24, 2.45) is 0 Å². The smallest absolute Gasteiger partial charge is 0.197 e. The molecular weight excluding hydrogens is 282 g/mol. The van der Waals surface area contributed by atoms with E-state index in [0.29, 0.717) is 17.9 Å². The largest absolute Gasteiger partial charge is 0.222 e. The lowest BCUT2D eigenvalue weighted by Gasteiger charge is -2.24. The minimum absolute atomic E-state index is 0.195. The van der Waals surface area contributed by atoms with Crippen LogP contribution in [-0.4, -0.2) is 13.2 Å². The minimum atomic E-state index is -3.63. The molecular formula is C14H16ClNO2S. The molecule has 19 heavy (non-hydrogen) atoms. The van der Waals surface area contributed by atoms with Gasteiger partial charge in [-0.25, -0.2) is 8.42 Å². The first-order valence-corrected chi connectivity index (χ1v) is 8.29. The van der Waals surface area contributed by atoms with Crippen LogP contribution in [0, 0.1) is 11.3 Å². The maximum absolute atomic E-state index is 12.7. The van der Waals surface area contributed by atoms with Crippen molar-refractivity contribution in [1.82, 2.24) is 0 Å². The Balaban J connectivity index is 2.46. The lowest BCUT2D eigenvalue weighted by atomic mass is 10.0. The van der Waals surface area contributed by atoms with E-state index in [0.717, 1.165) is 25.7 Å². The summed E-state index contributed by atoms with van der Waals surface area (Å²) in [6, 6.07) is 8.17. The molecule has 0 aliphatic heterocycles. The van der Waals surface area contributed by atoms with Gasteiger partial charge < -0.3 is 0 Å². The van der Waals surface area contributed by atoms with Gasteiger partial charge in [0.15, 0.2) is 14.6 Å². The van der Waals surface area contributed by atoms with E-state index in [1.165, 1.54) is 12.1 Å². The molecule has 0 N–H and O–H groups in total. The Bertz CT molecular complexity index is 579. The zero-order chi connectivity index (χ0) is 13.9. The van der Waals surface area contributed by atoms with Gasteiger partial charge in [0.1, 0.15) is 0 Å². The van der Waals surface area contributed by atoms with E-state index in [-0.39, 0.29) is 4.90 Å². The van der Waals surface area contributed by atoms with Crippen molar-refractivity contribution in [3.8, 4) is 6.07 Å². The molecule has 0 amide bonds. The Hall–Kier alpha value is -1.05. The second kappa shape index (κ2) is 5.52. The van der Waals surface area contributed by atoms with Gasteiger partial charge in [0.25, 0.3) is 0 Å². The van der Waals surface area contributed by atoms with Gasteiger partial charge in [-0.15, -0.1) is 0 Å². The topological polar surface area (TPSA) is 57.9 Å². The van der Waals surface area contributed by atoms with Crippen LogP contribution in [0.2, 0.25) is 5.02 Å². The maximum atomic E-state index is 12.7. The van der Waals surface area contributed by atoms with Crippen LogP contribution in [0.15, 0.2) is 29.2 Å². The summed E-state index contributed by atoms with van der Waals surface area (Å²) >= 11 is 5.78. The average Bonchev–Trinajstić information content (AvgIpc) is 2.65. The summed E-state index contributed by atoms with van der Waals surface area (Å²) in [6.07, 6.45) is 4.43. The first-order valence-electron chi connectivity index (χ1n) is 6.43. The summed E-state index contributed by atoms with van der Waals surface area (Å²) in [7, 11) is -3.63. The first kappa shape index (κ1) is 14.4. The molecule has 0 heterocycles. The lowest BCUT2D eigenvalue weighted by molar-refractivity contribution is 0.523. The molecule has 1 aliphatic carbocycles. The molecule has 0 saturated heterocycles. The average molecular weight is 298 g/mol. The van der Waals surface area contributed by atoms with Crippen LogP contribution >= 0.6 is 11.6 Å². The standard InChI is InChI=1S/C14H16ClNO2S/c15-12-5-7-13(8-6-12)19(17,18)14(11-16)9-3-1-2-4-10-14/h5-8H,1-4,9-10H2. The van der Waals surface area contributed by atoms with Crippen LogP contribution in [0.3, 0.4) is 0 Å². The van der Waals surface area contributed by atoms with E-state index < -0.39 is 14.6 Å². The Morgan fingerprint density at radius 1 is 1.05 bits per heavy atom. The second-order valence-corrected chi connectivity index (χ2v) is 7.67. The molecule has 1 aromatic carbocycles. The van der Waals surface area contributed by atoms with Gasteiger partial charge in [-0.3, -0.25) is 0 Å². The summed E-state index contributed by atoms with van der Waals surface area (Å²) < 4.78 is 24.2. The lowest BCUT2D eigenvalue weighted by Crippen LogP contribution is -2.36. The Morgan fingerprint density at radius 3 is 2.05 bits per heavy atom. The van der Waals surface area contributed by atoms with E-state index in [4.69, 9.17) is 11.6 Å². The minimum Gasteiger partial charge on any atom is -0.222 e. The van der Waals surface area contributed by atoms with Crippen LogP contribution in [0.25, 0.3) is 0 Å². The predicted octanol–water partition coefficient (Wildman–Crippen LogP) is 3.73. The van der Waals surface area contributed by atoms with Gasteiger partial charge in [0, 0.05) is 5.02 Å². The molecule has 1 aliphatic rings. The summed E-state index contributed by atoms with van der Waals surface area (Å²) in [5.41, 5.74) is 0. The number of halogens is 1. The van der Waals surface area contributed by atoms with Crippen LogP contribution in [0.5, 0.6) is 0 Å². The van der Waals surface area contributed by atoms with Crippen molar-refractivity contribution >= 4 is 21.4 Å². The molecule has 1 fully saturated rings. The molecule has 102 valence electrons. The Labute approximate surface area is 119 Å². The zero-order valence-electron chi connectivity index (χ0n) is 10.6. The third-order valence-electron chi connectivity index (χ3n) is 3.75. The Morgan fingerprint density at radius 2 is 1.58 bits per heavy atom. The number of nitrogens with zero attached hydrogens (tertiary/aromatic N) is 1. The highest BCUT2D eigenvalue weighted by atomic mass is 35.5. The number of benzene rings is 1. The second-order valence-electron chi connectivity index (χ2n) is 4.98. The fourth-order valence-electron chi connectivity index (χ4n) is 2.58. The molecule has 1 saturated carbocycles. The highest BCUT2D eigenvalue weighted by Crippen LogP contribution is 2.37. The van der Waals surface area contributed by atoms with Gasteiger partial charge in [-0.05, 0) is 37.1 Å². The summed E-state index contributed by atoms with van der Waals surface area (Å²) in [6.45, 7) is 0. The van der Waals surface area contributed by atoms with Gasteiger partial charge in [-0.1, -0.05) is 37.3 Å². The molecule has 0 atom stereocenters. The molecule has 0 aromatic heterocycles. The van der Waals surface area contributed by atoms with E-state index >= 15 is 0 Å². The van der Waals surface area contributed by atoms with E-state index in [9.17, 15) is 13.7 Å². The fraction of sp³-hybridized carbons (Fsp3) is 0.500. The molecule has 3 nitrogen and oxygen atoms in total. The van der Waals surface area contributed by atoms with E-state index in [1.54, 1.807) is 12.1 Å². The molecule has 0 unspecified atom stereocenters. The Kier molecular flexibility index (Phi) is 4.17. The molecule has 0 spiro atoms. The maximum Gasteiger partial charge on any atom is 0.197 e. The van der Waals surface area contributed by atoms with E-state index in [2.05, 4.69) is 6.07 Å². The van der Waals surface area contributed by atoms with Crippen molar-refractivity contribution in [2.45, 2.75) is 48.2 Å². The number of nitriles is 1. The van der Waals surface area contributed by atoms with E-state index in [1.807, 2.05) is 0 Å². The van der Waals surface area contributed by atoms with Gasteiger partial charge in [-0.2, -0.15) is 5.26 Å². The molecule has 0 radical (unpaired) electrons. The van der Waals surface area contributed by atoms with Crippen molar-refractivity contribution < 1.29 is 8.42 Å². The molecule has 2 rings (SSSR count). The summed E-state index contributed by atoms with van der Waals surface area (Å²) in [5, 5.41) is 9.95. The number of hydrogen-bond acceptors (Lipinski definition) is 3. The zero-order valence-corrected chi connectivity index (χ0v) is 12.2. The molecule has 5 heteroatoms. The third-order valence-corrected chi connectivity index (χ3v) is 6.43. The van der Waals surface area contributed by atoms with Crippen molar-refractivity contribution in [3.05, 3.63) is 29.3 Å². The van der Waals surface area contributed by atoms with Crippen molar-refractivity contribution in [3.63, 3.8) is 0 Å². The quantitative estimate of drug-likeness (QED) is 0.782. The van der Waals surface area contributed by atoms with Crippen molar-refractivity contribution in [2.75, 3.05) is 0 Å². The fourth-order valence-corrected chi connectivity index (χ4v) is 4.60. The monoisotopic (exact) mass is 297 g/mol. The normalized spacial score (nSPS) is 19.4. The highest BCUT2D eigenvalue weighted by molar-refractivity contribution is 7.93. The third kappa shape index (κ3) is 2.63. The van der Waals surface area contributed by atoms with Gasteiger partial charge in [0.05, 0.1) is 11.0 Å². The van der Waals surface area contributed by atoms with Crippen LogP contribution in [0.4, 0.5) is 0 Å². The van der Waals surface area contributed by atoms with Crippen molar-refractivity contribution in [1.29, 1.82) is 5.26 Å². The van der Waals surface area contributed by atoms with Crippen LogP contribution in [-0.2, 0) is 9.84 Å². The van der Waals surface area contributed by atoms with Gasteiger partial charge in [0.2, 0.25) is 0 Å². The van der Waals surface area contributed by atoms with Crippen LogP contribution in [0.1, 0.15) is 38.5 Å². The summed E-state index contributed by atoms with van der Waals surface area (Å²) in [5.74, 6) is 0.